The van der Waals surface area contributed by atoms with E-state index in [2.05, 4.69) is 23.2 Å². The average molecular weight is 256 g/mol. The highest BCUT2D eigenvalue weighted by Gasteiger charge is 2.22. The number of anilines is 1. The van der Waals surface area contributed by atoms with Gasteiger partial charge in [-0.25, -0.2) is 0 Å². The van der Waals surface area contributed by atoms with Gasteiger partial charge in [-0.05, 0) is 31.5 Å². The average Bonchev–Trinajstić information content (AvgIpc) is 2.81. The van der Waals surface area contributed by atoms with Gasteiger partial charge in [-0.3, -0.25) is 9.89 Å². The standard InChI is InChI=1S/C14H16N4O/c1-9-4-6-18(7-5-9)14(19)13-11-8-10(15)2-3-12(11)16-17-13/h2-4,8H,5-7,15H2,1H3,(H,16,17). The van der Waals surface area contributed by atoms with Crippen molar-refractivity contribution < 1.29 is 4.79 Å². The number of carbonyl (C=O) groups is 1. The lowest BCUT2D eigenvalue weighted by molar-refractivity contribution is 0.0765. The molecule has 1 aromatic carbocycles. The van der Waals surface area contributed by atoms with Crippen molar-refractivity contribution in [2.24, 2.45) is 0 Å². The van der Waals surface area contributed by atoms with Gasteiger partial charge in [-0.2, -0.15) is 5.10 Å². The zero-order chi connectivity index (χ0) is 13.4. The van der Waals surface area contributed by atoms with E-state index in [1.165, 1.54) is 5.57 Å². The van der Waals surface area contributed by atoms with Crippen LogP contribution in [0.15, 0.2) is 29.8 Å². The summed E-state index contributed by atoms with van der Waals surface area (Å²) in [6.45, 7) is 3.49. The van der Waals surface area contributed by atoms with Crippen molar-refractivity contribution in [3.05, 3.63) is 35.5 Å². The maximum Gasteiger partial charge on any atom is 0.275 e. The Hall–Kier alpha value is -2.30. The first-order valence-corrected chi connectivity index (χ1v) is 6.33. The number of nitrogen functional groups attached to an aromatic ring is 1. The summed E-state index contributed by atoms with van der Waals surface area (Å²) in [6.07, 6.45) is 3.01. The molecular weight excluding hydrogens is 240 g/mol. The largest absolute Gasteiger partial charge is 0.399 e. The van der Waals surface area contributed by atoms with Crippen LogP contribution >= 0.6 is 0 Å². The molecule has 1 amide bonds. The molecule has 3 rings (SSSR count). The van der Waals surface area contributed by atoms with Gasteiger partial charge in [-0.15, -0.1) is 0 Å². The van der Waals surface area contributed by atoms with Gasteiger partial charge < -0.3 is 10.6 Å². The first kappa shape index (κ1) is 11.8. The first-order chi connectivity index (χ1) is 9.15. The second-order valence-corrected chi connectivity index (χ2v) is 4.93. The van der Waals surface area contributed by atoms with Crippen LogP contribution in [0, 0.1) is 0 Å². The number of hydrogen-bond donors (Lipinski definition) is 2. The summed E-state index contributed by atoms with van der Waals surface area (Å²) >= 11 is 0. The van der Waals surface area contributed by atoms with Crippen LogP contribution in [0.5, 0.6) is 0 Å². The molecule has 0 radical (unpaired) electrons. The van der Waals surface area contributed by atoms with E-state index in [1.54, 1.807) is 12.1 Å². The number of amides is 1. The van der Waals surface area contributed by atoms with Crippen molar-refractivity contribution in [3.63, 3.8) is 0 Å². The van der Waals surface area contributed by atoms with E-state index in [0.29, 0.717) is 17.9 Å². The number of fused-ring (bicyclic) bond motifs is 1. The lowest BCUT2D eigenvalue weighted by Gasteiger charge is -2.24. The molecule has 0 atom stereocenters. The summed E-state index contributed by atoms with van der Waals surface area (Å²) in [5.41, 5.74) is 9.03. The van der Waals surface area contributed by atoms with Crippen LogP contribution in [0.25, 0.3) is 10.9 Å². The zero-order valence-corrected chi connectivity index (χ0v) is 10.8. The van der Waals surface area contributed by atoms with E-state index in [9.17, 15) is 4.79 Å². The number of rotatable bonds is 1. The number of nitrogens with one attached hydrogen (secondary N) is 1. The summed E-state index contributed by atoms with van der Waals surface area (Å²) in [5.74, 6) is -0.0411. The van der Waals surface area contributed by atoms with Crippen molar-refractivity contribution in [1.29, 1.82) is 0 Å². The third-order valence-electron chi connectivity index (χ3n) is 3.51. The molecular formula is C14H16N4O. The van der Waals surface area contributed by atoms with Crippen molar-refractivity contribution in [2.75, 3.05) is 18.8 Å². The van der Waals surface area contributed by atoms with Gasteiger partial charge in [0.2, 0.25) is 0 Å². The Balaban J connectivity index is 1.96. The lowest BCUT2D eigenvalue weighted by atomic mass is 10.1. The molecule has 0 unspecified atom stereocenters. The molecule has 0 fully saturated rings. The van der Waals surface area contributed by atoms with Crippen LogP contribution in [0.2, 0.25) is 0 Å². The zero-order valence-electron chi connectivity index (χ0n) is 10.8. The highest BCUT2D eigenvalue weighted by Crippen LogP contribution is 2.21. The van der Waals surface area contributed by atoms with E-state index in [1.807, 2.05) is 11.0 Å². The molecule has 0 aliphatic carbocycles. The van der Waals surface area contributed by atoms with E-state index >= 15 is 0 Å². The van der Waals surface area contributed by atoms with Gasteiger partial charge in [0.1, 0.15) is 0 Å². The van der Waals surface area contributed by atoms with Gasteiger partial charge in [-0.1, -0.05) is 11.6 Å². The molecule has 98 valence electrons. The number of benzene rings is 1. The third-order valence-corrected chi connectivity index (χ3v) is 3.51. The molecule has 2 aromatic rings. The van der Waals surface area contributed by atoms with E-state index in [-0.39, 0.29) is 5.91 Å². The van der Waals surface area contributed by atoms with E-state index < -0.39 is 0 Å². The van der Waals surface area contributed by atoms with Gasteiger partial charge in [0, 0.05) is 24.2 Å². The summed E-state index contributed by atoms with van der Waals surface area (Å²) in [4.78, 5) is 14.3. The first-order valence-electron chi connectivity index (χ1n) is 6.33. The molecule has 1 aromatic heterocycles. The van der Waals surface area contributed by atoms with Crippen LogP contribution in [-0.4, -0.2) is 34.1 Å². The Kier molecular flexibility index (Phi) is 2.74. The topological polar surface area (TPSA) is 75.0 Å². The molecule has 0 bridgehead atoms. The van der Waals surface area contributed by atoms with Crippen LogP contribution in [-0.2, 0) is 0 Å². The van der Waals surface area contributed by atoms with Crippen molar-refractivity contribution >= 4 is 22.5 Å². The van der Waals surface area contributed by atoms with Crippen molar-refractivity contribution in [3.8, 4) is 0 Å². The third kappa shape index (κ3) is 2.07. The molecule has 1 aliphatic heterocycles. The number of aromatic amines is 1. The fourth-order valence-corrected chi connectivity index (χ4v) is 2.30. The second-order valence-electron chi connectivity index (χ2n) is 4.93. The number of aromatic nitrogens is 2. The minimum atomic E-state index is -0.0411. The highest BCUT2D eigenvalue weighted by atomic mass is 16.2. The number of nitrogens with two attached hydrogens (primary N) is 1. The predicted molar refractivity (Wildman–Crippen MR) is 74.8 cm³/mol. The predicted octanol–water partition coefficient (Wildman–Crippen LogP) is 1.94. The van der Waals surface area contributed by atoms with Crippen LogP contribution in [0.3, 0.4) is 0 Å². The number of nitrogens with zero attached hydrogens (tertiary/aromatic N) is 2. The minimum Gasteiger partial charge on any atom is -0.399 e. The Morgan fingerprint density at radius 2 is 2.32 bits per heavy atom. The fraction of sp³-hybridized carbons (Fsp3) is 0.286. The van der Waals surface area contributed by atoms with Gasteiger partial charge >= 0.3 is 0 Å². The summed E-state index contributed by atoms with van der Waals surface area (Å²) < 4.78 is 0. The Morgan fingerprint density at radius 1 is 1.47 bits per heavy atom. The smallest absolute Gasteiger partial charge is 0.275 e. The number of hydrogen-bond acceptors (Lipinski definition) is 3. The number of carbonyl (C=O) groups excluding carboxylic acids is 1. The maximum atomic E-state index is 12.5. The molecule has 2 heterocycles. The normalized spacial score (nSPS) is 15.6. The SMILES string of the molecule is CC1=CCN(C(=O)c2n[nH]c3ccc(N)cc23)CC1. The van der Waals surface area contributed by atoms with Crippen molar-refractivity contribution in [1.82, 2.24) is 15.1 Å². The van der Waals surface area contributed by atoms with Crippen LogP contribution < -0.4 is 5.73 Å². The Morgan fingerprint density at radius 3 is 3.05 bits per heavy atom. The lowest BCUT2D eigenvalue weighted by Crippen LogP contribution is -2.34. The molecule has 3 N–H and O–H groups in total. The van der Waals surface area contributed by atoms with E-state index in [0.717, 1.165) is 23.9 Å². The molecule has 0 saturated heterocycles. The van der Waals surface area contributed by atoms with Gasteiger partial charge in [0.15, 0.2) is 5.69 Å². The summed E-state index contributed by atoms with van der Waals surface area (Å²) in [6, 6.07) is 5.42. The summed E-state index contributed by atoms with van der Waals surface area (Å²) in [7, 11) is 0. The molecule has 19 heavy (non-hydrogen) atoms. The quantitative estimate of drug-likeness (QED) is 0.604. The van der Waals surface area contributed by atoms with Crippen LogP contribution in [0.4, 0.5) is 5.69 Å². The second kappa shape index (κ2) is 4.42. The molecule has 5 heteroatoms. The molecule has 1 aliphatic rings. The molecule has 0 saturated carbocycles. The highest BCUT2D eigenvalue weighted by molar-refractivity contribution is 6.05. The monoisotopic (exact) mass is 256 g/mol. The van der Waals surface area contributed by atoms with Gasteiger partial charge in [0.05, 0.1) is 5.52 Å². The molecule has 5 nitrogen and oxygen atoms in total. The van der Waals surface area contributed by atoms with Gasteiger partial charge in [0.25, 0.3) is 5.91 Å². The summed E-state index contributed by atoms with van der Waals surface area (Å²) in [5, 5.41) is 7.80. The Labute approximate surface area is 111 Å². The van der Waals surface area contributed by atoms with Crippen molar-refractivity contribution in [2.45, 2.75) is 13.3 Å². The maximum absolute atomic E-state index is 12.5. The van der Waals surface area contributed by atoms with Crippen LogP contribution in [0.1, 0.15) is 23.8 Å². The van der Waals surface area contributed by atoms with E-state index in [4.69, 9.17) is 5.73 Å². The minimum absolute atomic E-state index is 0.0411. The molecule has 0 spiro atoms. The Bertz CT molecular complexity index is 671. The fourth-order valence-electron chi connectivity index (χ4n) is 2.30. The number of H-pyrrole nitrogens is 1.